The summed E-state index contributed by atoms with van der Waals surface area (Å²) in [7, 11) is 0. The molecule has 0 aliphatic carbocycles. The molecule has 0 spiro atoms. The standard InChI is InChI=1S/C18H12F5NO3/c1-2-27-18(26)12(8-24-10-5-3-9(19)4-6-10)17(25)11-7-13(20)15(22)16(23)14(11)21/h3-8,12H,2H2,1H3. The van der Waals surface area contributed by atoms with Crippen molar-refractivity contribution >= 4 is 23.7 Å². The second kappa shape index (κ2) is 8.52. The van der Waals surface area contributed by atoms with E-state index in [4.69, 9.17) is 0 Å². The maximum absolute atomic E-state index is 13.9. The van der Waals surface area contributed by atoms with Crippen LogP contribution < -0.4 is 0 Å². The van der Waals surface area contributed by atoms with E-state index >= 15 is 0 Å². The molecule has 0 bridgehead atoms. The number of aliphatic imine (C=N–C) groups is 1. The third-order valence-corrected chi connectivity index (χ3v) is 3.39. The normalized spacial score (nSPS) is 12.2. The van der Waals surface area contributed by atoms with Crippen molar-refractivity contribution in [2.45, 2.75) is 6.92 Å². The molecular formula is C18H12F5NO3. The summed E-state index contributed by atoms with van der Waals surface area (Å²) in [5, 5.41) is 0. The van der Waals surface area contributed by atoms with Crippen molar-refractivity contribution in [1.29, 1.82) is 0 Å². The second-order valence-corrected chi connectivity index (χ2v) is 5.20. The number of hydrogen-bond donors (Lipinski definition) is 0. The lowest BCUT2D eigenvalue weighted by molar-refractivity contribution is -0.143. The fraction of sp³-hybridized carbons (Fsp3) is 0.167. The summed E-state index contributed by atoms with van der Waals surface area (Å²) in [6.45, 7) is 1.30. The average molecular weight is 385 g/mol. The fourth-order valence-electron chi connectivity index (χ4n) is 2.08. The van der Waals surface area contributed by atoms with Gasteiger partial charge in [-0.15, -0.1) is 0 Å². The van der Waals surface area contributed by atoms with Crippen LogP contribution in [0.3, 0.4) is 0 Å². The zero-order valence-corrected chi connectivity index (χ0v) is 13.8. The highest BCUT2D eigenvalue weighted by molar-refractivity contribution is 6.18. The van der Waals surface area contributed by atoms with Crippen LogP contribution in [-0.2, 0) is 9.53 Å². The molecule has 2 aromatic rings. The van der Waals surface area contributed by atoms with Gasteiger partial charge in [-0.3, -0.25) is 14.6 Å². The molecule has 0 aromatic heterocycles. The van der Waals surface area contributed by atoms with E-state index in [0.29, 0.717) is 0 Å². The lowest BCUT2D eigenvalue weighted by Gasteiger charge is -2.12. The van der Waals surface area contributed by atoms with Crippen LogP contribution in [0.2, 0.25) is 0 Å². The molecule has 9 heteroatoms. The van der Waals surface area contributed by atoms with Crippen LogP contribution >= 0.6 is 0 Å². The second-order valence-electron chi connectivity index (χ2n) is 5.20. The number of halogens is 5. The highest BCUT2D eigenvalue weighted by atomic mass is 19.2. The molecule has 0 saturated carbocycles. The Bertz CT molecular complexity index is 897. The van der Waals surface area contributed by atoms with Crippen LogP contribution in [0.25, 0.3) is 0 Å². The van der Waals surface area contributed by atoms with Crippen molar-refractivity contribution in [2.75, 3.05) is 6.61 Å². The van der Waals surface area contributed by atoms with Gasteiger partial charge in [0.2, 0.25) is 0 Å². The molecule has 142 valence electrons. The van der Waals surface area contributed by atoms with Crippen molar-refractivity contribution < 1.29 is 36.3 Å². The van der Waals surface area contributed by atoms with Crippen LogP contribution in [0.1, 0.15) is 17.3 Å². The van der Waals surface area contributed by atoms with E-state index in [2.05, 4.69) is 9.73 Å². The number of rotatable bonds is 6. The fourth-order valence-corrected chi connectivity index (χ4v) is 2.08. The summed E-state index contributed by atoms with van der Waals surface area (Å²) < 4.78 is 71.3. The van der Waals surface area contributed by atoms with Crippen LogP contribution in [0.4, 0.5) is 27.6 Å². The molecule has 0 fully saturated rings. The smallest absolute Gasteiger partial charge is 0.322 e. The first-order chi connectivity index (χ1) is 12.8. The quantitative estimate of drug-likeness (QED) is 0.143. The lowest BCUT2D eigenvalue weighted by atomic mass is 9.97. The first-order valence-electron chi connectivity index (χ1n) is 7.59. The van der Waals surface area contributed by atoms with Crippen LogP contribution in [0.5, 0.6) is 0 Å². The number of esters is 1. The molecule has 0 aliphatic heterocycles. The Kier molecular flexibility index (Phi) is 6.38. The molecule has 2 aromatic carbocycles. The zero-order valence-electron chi connectivity index (χ0n) is 13.8. The Morgan fingerprint density at radius 3 is 2.26 bits per heavy atom. The van der Waals surface area contributed by atoms with Crippen molar-refractivity contribution in [1.82, 2.24) is 0 Å². The predicted octanol–water partition coefficient (Wildman–Crippen LogP) is 4.15. The Balaban J connectivity index is 2.43. The van der Waals surface area contributed by atoms with Gasteiger partial charge in [-0.2, -0.15) is 0 Å². The van der Waals surface area contributed by atoms with Gasteiger partial charge in [0.25, 0.3) is 0 Å². The average Bonchev–Trinajstić information content (AvgIpc) is 2.64. The number of benzene rings is 2. The predicted molar refractivity (Wildman–Crippen MR) is 85.3 cm³/mol. The van der Waals surface area contributed by atoms with Gasteiger partial charge < -0.3 is 4.74 Å². The highest BCUT2D eigenvalue weighted by Crippen LogP contribution is 2.22. The lowest BCUT2D eigenvalue weighted by Crippen LogP contribution is -2.29. The van der Waals surface area contributed by atoms with Gasteiger partial charge in [0.1, 0.15) is 5.82 Å². The largest absolute Gasteiger partial charge is 0.465 e. The zero-order chi connectivity index (χ0) is 20.1. The highest BCUT2D eigenvalue weighted by Gasteiger charge is 2.32. The Morgan fingerprint density at radius 2 is 1.67 bits per heavy atom. The number of ether oxygens (including phenoxy) is 1. The number of carbonyl (C=O) groups is 2. The summed E-state index contributed by atoms with van der Waals surface area (Å²) in [5.74, 6) is -12.9. The van der Waals surface area contributed by atoms with E-state index in [9.17, 15) is 31.5 Å². The van der Waals surface area contributed by atoms with Crippen LogP contribution in [0, 0.1) is 35.0 Å². The molecule has 0 saturated heterocycles. The van der Waals surface area contributed by atoms with Crippen LogP contribution in [-0.4, -0.2) is 24.6 Å². The third kappa shape index (κ3) is 4.55. The van der Waals surface area contributed by atoms with Gasteiger partial charge >= 0.3 is 5.97 Å². The summed E-state index contributed by atoms with van der Waals surface area (Å²) in [4.78, 5) is 28.2. The van der Waals surface area contributed by atoms with Crippen molar-refractivity contribution in [2.24, 2.45) is 10.9 Å². The Labute approximate surface area is 150 Å². The summed E-state index contributed by atoms with van der Waals surface area (Å²) in [5.41, 5.74) is -1.02. The van der Waals surface area contributed by atoms with Crippen molar-refractivity contribution in [3.63, 3.8) is 0 Å². The summed E-state index contributed by atoms with van der Waals surface area (Å²) in [6.07, 6.45) is 0.770. The van der Waals surface area contributed by atoms with Gasteiger partial charge in [-0.1, -0.05) is 0 Å². The number of carbonyl (C=O) groups excluding carboxylic acids is 2. The summed E-state index contributed by atoms with van der Waals surface area (Å²) in [6, 6.07) is 4.75. The molecule has 0 amide bonds. The molecule has 0 N–H and O–H groups in total. The maximum Gasteiger partial charge on any atom is 0.322 e. The minimum Gasteiger partial charge on any atom is -0.465 e. The molecule has 4 nitrogen and oxygen atoms in total. The topological polar surface area (TPSA) is 55.7 Å². The SMILES string of the molecule is CCOC(=O)C(C=Nc1ccc(F)cc1)C(=O)c1cc(F)c(F)c(F)c1F. The van der Waals surface area contributed by atoms with E-state index in [1.807, 2.05) is 0 Å². The Hall–Kier alpha value is -3.10. The first-order valence-corrected chi connectivity index (χ1v) is 7.59. The van der Waals surface area contributed by atoms with Crippen LogP contribution in [0.15, 0.2) is 35.3 Å². The van der Waals surface area contributed by atoms with E-state index in [0.717, 1.165) is 18.3 Å². The summed E-state index contributed by atoms with van der Waals surface area (Å²) >= 11 is 0. The number of nitrogens with zero attached hydrogens (tertiary/aromatic N) is 1. The van der Waals surface area contributed by atoms with Gasteiger partial charge in [-0.25, -0.2) is 22.0 Å². The van der Waals surface area contributed by atoms with Gasteiger partial charge in [0.15, 0.2) is 35.0 Å². The molecular weight excluding hydrogens is 373 g/mol. The van der Waals surface area contributed by atoms with E-state index in [1.165, 1.54) is 19.1 Å². The van der Waals surface area contributed by atoms with Gasteiger partial charge in [0, 0.05) is 6.21 Å². The minimum atomic E-state index is -2.18. The molecule has 0 radical (unpaired) electrons. The molecule has 1 atom stereocenters. The molecule has 0 aliphatic rings. The molecule has 0 heterocycles. The van der Waals surface area contributed by atoms with Gasteiger partial charge in [-0.05, 0) is 37.3 Å². The van der Waals surface area contributed by atoms with Crippen molar-refractivity contribution in [3.05, 3.63) is 65.0 Å². The Morgan fingerprint density at radius 1 is 1.04 bits per heavy atom. The van der Waals surface area contributed by atoms with E-state index in [1.54, 1.807) is 0 Å². The van der Waals surface area contributed by atoms with Crippen molar-refractivity contribution in [3.8, 4) is 0 Å². The molecule has 2 rings (SSSR count). The third-order valence-electron chi connectivity index (χ3n) is 3.39. The minimum absolute atomic E-state index is 0.137. The van der Waals surface area contributed by atoms with E-state index < -0.39 is 52.3 Å². The first kappa shape index (κ1) is 20.2. The molecule has 27 heavy (non-hydrogen) atoms. The number of ketones is 1. The monoisotopic (exact) mass is 385 g/mol. The maximum atomic E-state index is 13.9. The van der Waals surface area contributed by atoms with Gasteiger partial charge in [0.05, 0.1) is 17.9 Å². The molecule has 1 unspecified atom stereocenters. The van der Waals surface area contributed by atoms with E-state index in [-0.39, 0.29) is 18.4 Å². The number of hydrogen-bond acceptors (Lipinski definition) is 4. The number of Topliss-reactive ketones (excluding diaryl/α,β-unsaturated/α-hetero) is 1.